The standard InChI is InChI=1S/C19H28N4O3S.C18H36N4O11/c1-4-22-11-13-23(14-12-22)10-9-20-19-15(2)18(27(24,25)21-19)16-5-7-17(26-3)8-6-16;19-2-6-10(25)12(27)13(28)18(30-6)33-16-5(21)1-4(20)15(14(16)29)32-17-11(26)8(22)9(24)7(3-23)31-17/h5-8H,4,9-14H2,1-3H3,(H,20,21);4-18,23-29H,1-3,19-22H2/t;4-,5+,6-,7-,8+,9-,10-,11-,12+,13-,14-,15+,16-,17-,18-/m.1/s1. The van der Waals surface area contributed by atoms with E-state index in [9.17, 15) is 44.2 Å². The average Bonchev–Trinajstić information content (AvgIpc) is 3.47. The zero-order chi connectivity index (χ0) is 44.1. The average molecular weight is 877 g/mol. The normalized spacial score (nSPS) is 39.6. The lowest BCUT2D eigenvalue weighted by Gasteiger charge is -2.48. The molecule has 22 nitrogen and oxygen atoms in total. The molecule has 3 saturated heterocycles. The van der Waals surface area contributed by atoms with Crippen LogP contribution >= 0.6 is 0 Å². The van der Waals surface area contributed by atoms with E-state index < -0.39 is 108 Å². The maximum atomic E-state index is 12.6. The third-order valence-corrected chi connectivity index (χ3v) is 13.2. The quantitative estimate of drug-likeness (QED) is 0.0930. The fourth-order valence-electron chi connectivity index (χ4n) is 7.86. The molecule has 0 unspecified atom stereocenters. The monoisotopic (exact) mass is 876 g/mol. The van der Waals surface area contributed by atoms with Crippen molar-refractivity contribution in [3.63, 3.8) is 0 Å². The summed E-state index contributed by atoms with van der Waals surface area (Å²) >= 11 is 0. The zero-order valence-electron chi connectivity index (χ0n) is 34.1. The molecule has 5 aliphatic rings. The second kappa shape index (κ2) is 21.2. The first-order valence-electron chi connectivity index (χ1n) is 20.1. The Bertz CT molecular complexity index is 1650. The lowest BCUT2D eigenvalue weighted by Crippen LogP contribution is -2.68. The lowest BCUT2D eigenvalue weighted by molar-refractivity contribution is -0.332. The zero-order valence-corrected chi connectivity index (χ0v) is 34.9. The van der Waals surface area contributed by atoms with Crippen molar-refractivity contribution in [2.24, 2.45) is 27.9 Å². The van der Waals surface area contributed by atoms with E-state index in [4.69, 9.17) is 46.6 Å². The van der Waals surface area contributed by atoms with E-state index in [2.05, 4.69) is 26.4 Å². The SMILES string of the molecule is CCN1CCN(CCN=C2NS(=O)(=O)C(c3ccc(OC)cc3)=C2C)CC1.NC[C@H]1O[C@H](O[C@H]2[C@H](O)[C@@H](O[C@H]3O[C@H](CO)[C@@H](O)[C@H](N)[C@H]3O)[C@H](N)C[C@@H]2N)[C@H](O)[C@@H](O)[C@@H]1O. The molecule has 4 fully saturated rings. The van der Waals surface area contributed by atoms with Crippen molar-refractivity contribution in [2.45, 2.75) is 112 Å². The number of hydrogen-bond donors (Lipinski definition) is 12. The number of likely N-dealkylation sites (N-methyl/N-ethyl adjacent to an activating group) is 1. The van der Waals surface area contributed by atoms with Gasteiger partial charge in [-0.15, -0.1) is 0 Å². The number of ether oxygens (including phenoxy) is 5. The highest BCUT2D eigenvalue weighted by Gasteiger charge is 2.51. The molecule has 16 N–H and O–H groups in total. The van der Waals surface area contributed by atoms with Crippen LogP contribution in [-0.4, -0.2) is 218 Å². The largest absolute Gasteiger partial charge is 0.497 e. The number of aliphatic imine (C=N–C) groups is 1. The van der Waals surface area contributed by atoms with Gasteiger partial charge in [0, 0.05) is 56.9 Å². The van der Waals surface area contributed by atoms with Crippen molar-refractivity contribution in [3.05, 3.63) is 35.4 Å². The van der Waals surface area contributed by atoms with Crippen molar-refractivity contribution in [1.82, 2.24) is 14.5 Å². The van der Waals surface area contributed by atoms with Gasteiger partial charge in [0.2, 0.25) is 0 Å². The summed E-state index contributed by atoms with van der Waals surface area (Å²) < 4.78 is 55.1. The Balaban J connectivity index is 0.000000232. The topological polar surface area (TPSA) is 357 Å². The minimum absolute atomic E-state index is 0.0849. The van der Waals surface area contributed by atoms with Crippen LogP contribution in [0.3, 0.4) is 0 Å². The van der Waals surface area contributed by atoms with E-state index in [0.29, 0.717) is 34.2 Å². The fraction of sp³-hybridized carbons (Fsp3) is 0.757. The Labute approximate surface area is 349 Å². The molecule has 4 aliphatic heterocycles. The summed E-state index contributed by atoms with van der Waals surface area (Å²) in [6.45, 7) is 9.98. The first-order valence-corrected chi connectivity index (χ1v) is 21.6. The van der Waals surface area contributed by atoms with Gasteiger partial charge >= 0.3 is 0 Å². The number of nitrogens with one attached hydrogen (secondary N) is 1. The third kappa shape index (κ3) is 11.0. The number of aliphatic hydroxyl groups is 7. The summed E-state index contributed by atoms with van der Waals surface area (Å²) in [5.41, 5.74) is 24.8. The molecule has 0 amide bonds. The van der Waals surface area contributed by atoms with Gasteiger partial charge < -0.3 is 87.3 Å². The Hall–Kier alpha value is -2.50. The van der Waals surface area contributed by atoms with Crippen LogP contribution in [0.2, 0.25) is 0 Å². The molecule has 0 bridgehead atoms. The van der Waals surface area contributed by atoms with Crippen LogP contribution < -0.4 is 32.4 Å². The van der Waals surface area contributed by atoms with Crippen LogP contribution in [0.5, 0.6) is 5.75 Å². The molecule has 6 rings (SSSR count). The molecular weight excluding hydrogens is 813 g/mol. The number of amidine groups is 1. The van der Waals surface area contributed by atoms with E-state index in [1.54, 1.807) is 38.3 Å². The molecule has 342 valence electrons. The summed E-state index contributed by atoms with van der Waals surface area (Å²) in [6.07, 6.45) is -16.5. The molecule has 1 saturated carbocycles. The highest BCUT2D eigenvalue weighted by atomic mass is 32.2. The number of nitrogens with zero attached hydrogens (tertiary/aromatic N) is 3. The van der Waals surface area contributed by atoms with Crippen LogP contribution in [0, 0.1) is 0 Å². The van der Waals surface area contributed by atoms with E-state index in [-0.39, 0.29) is 13.0 Å². The Morgan fingerprint density at radius 3 is 1.93 bits per heavy atom. The molecule has 15 atom stereocenters. The maximum absolute atomic E-state index is 12.6. The van der Waals surface area contributed by atoms with E-state index >= 15 is 0 Å². The predicted octanol–water partition coefficient (Wildman–Crippen LogP) is -5.90. The second-order valence-corrected chi connectivity index (χ2v) is 17.2. The molecule has 4 heterocycles. The summed E-state index contributed by atoms with van der Waals surface area (Å²) in [5.74, 6) is 1.14. The number of sulfonamides is 1. The Morgan fingerprint density at radius 2 is 1.38 bits per heavy atom. The fourth-order valence-corrected chi connectivity index (χ4v) is 9.38. The Morgan fingerprint density at radius 1 is 0.817 bits per heavy atom. The van der Waals surface area contributed by atoms with Crippen LogP contribution in [0.15, 0.2) is 34.8 Å². The van der Waals surface area contributed by atoms with Crippen molar-refractivity contribution in [1.29, 1.82) is 0 Å². The van der Waals surface area contributed by atoms with Crippen molar-refractivity contribution >= 4 is 20.8 Å². The van der Waals surface area contributed by atoms with Crippen LogP contribution in [0.4, 0.5) is 0 Å². The molecule has 1 aromatic carbocycles. The number of benzene rings is 1. The summed E-state index contributed by atoms with van der Waals surface area (Å²) in [6, 6.07) is 4.17. The Kier molecular flexibility index (Phi) is 17.2. The van der Waals surface area contributed by atoms with E-state index in [1.807, 2.05) is 0 Å². The summed E-state index contributed by atoms with van der Waals surface area (Å²) in [7, 11) is -2.00. The molecule has 0 aromatic heterocycles. The highest BCUT2D eigenvalue weighted by molar-refractivity contribution is 8.00. The molecule has 0 spiro atoms. The maximum Gasteiger partial charge on any atom is 0.264 e. The van der Waals surface area contributed by atoms with Gasteiger partial charge in [-0.25, -0.2) is 8.42 Å². The van der Waals surface area contributed by atoms with Gasteiger partial charge in [-0.3, -0.25) is 14.6 Å². The van der Waals surface area contributed by atoms with Gasteiger partial charge in [-0.2, -0.15) is 0 Å². The summed E-state index contributed by atoms with van der Waals surface area (Å²) in [4.78, 5) is 9.63. The molecule has 23 heteroatoms. The van der Waals surface area contributed by atoms with Crippen LogP contribution in [0.1, 0.15) is 25.8 Å². The number of methoxy groups -OCH3 is 1. The van der Waals surface area contributed by atoms with Gasteiger partial charge in [-0.05, 0) is 49.7 Å². The van der Waals surface area contributed by atoms with Gasteiger partial charge in [0.1, 0.15) is 77.5 Å². The van der Waals surface area contributed by atoms with Crippen molar-refractivity contribution in [2.75, 3.05) is 66.1 Å². The van der Waals surface area contributed by atoms with E-state index in [1.165, 1.54) is 0 Å². The third-order valence-electron chi connectivity index (χ3n) is 11.6. The molecule has 0 radical (unpaired) electrons. The minimum Gasteiger partial charge on any atom is -0.497 e. The van der Waals surface area contributed by atoms with Gasteiger partial charge in [0.05, 0.1) is 26.3 Å². The number of hydrogen-bond acceptors (Lipinski definition) is 21. The molecule has 1 aromatic rings. The van der Waals surface area contributed by atoms with Crippen LogP contribution in [0.25, 0.3) is 4.91 Å². The van der Waals surface area contributed by atoms with Crippen LogP contribution in [-0.2, 0) is 29.0 Å². The minimum atomic E-state index is -3.59. The van der Waals surface area contributed by atoms with Gasteiger partial charge in [0.15, 0.2) is 12.6 Å². The first kappa shape index (κ1) is 48.5. The number of piperazine rings is 1. The first-order chi connectivity index (χ1) is 28.5. The predicted molar refractivity (Wildman–Crippen MR) is 216 cm³/mol. The van der Waals surface area contributed by atoms with Gasteiger partial charge in [0.25, 0.3) is 10.0 Å². The molecule has 60 heavy (non-hydrogen) atoms. The number of aliphatic hydroxyl groups excluding tert-OH is 7. The smallest absolute Gasteiger partial charge is 0.264 e. The molecule has 1 aliphatic carbocycles. The van der Waals surface area contributed by atoms with E-state index in [0.717, 1.165) is 39.3 Å². The van der Waals surface area contributed by atoms with Crippen molar-refractivity contribution < 1.29 is 67.8 Å². The lowest BCUT2D eigenvalue weighted by atomic mass is 9.84. The number of nitrogens with two attached hydrogens (primary N) is 4. The molecular formula is C37H64N8O14S. The second-order valence-electron chi connectivity index (χ2n) is 15.6. The van der Waals surface area contributed by atoms with Gasteiger partial charge in [-0.1, -0.05) is 6.92 Å². The number of rotatable bonds is 12. The highest BCUT2D eigenvalue weighted by Crippen LogP contribution is 2.33. The summed E-state index contributed by atoms with van der Waals surface area (Å²) in [5, 5.41) is 70.9. The van der Waals surface area contributed by atoms with Crippen molar-refractivity contribution in [3.8, 4) is 5.75 Å².